The number of ether oxygens (including phenoxy) is 1. The Balaban J connectivity index is 1.68. The Hall–Kier alpha value is -1.86. The van der Waals surface area contributed by atoms with E-state index in [-0.39, 0.29) is 46.4 Å². The van der Waals surface area contributed by atoms with Crippen LogP contribution in [0.5, 0.6) is 5.75 Å². The van der Waals surface area contributed by atoms with Gasteiger partial charge in [-0.15, -0.1) is 18.3 Å². The predicted octanol–water partition coefficient (Wildman–Crippen LogP) is 4.79. The third-order valence-corrected chi connectivity index (χ3v) is 10.6. The Labute approximate surface area is 206 Å². The standard InChI is InChI=1S/C27H37NO5S/c1-6-25(4)12-21(33-22(31)15-34-19-11-18(29)13-28-14-19)26(5)16(2)7-9-27(17(3)24(25)32)10-8-20(30)23(26)27/h6,11,13-14,16-17,21,23-24,29,32H,1,7-10,12,15H2,2-5H3/t16-,17+,21-,23+,24+,25-,26+,27+/m1/s1. The van der Waals surface area contributed by atoms with Crippen LogP contribution in [0.3, 0.4) is 0 Å². The number of thioether (sulfide) groups is 1. The van der Waals surface area contributed by atoms with Crippen molar-refractivity contribution in [2.24, 2.45) is 34.0 Å². The van der Waals surface area contributed by atoms with Crippen molar-refractivity contribution in [3.63, 3.8) is 0 Å². The molecule has 0 aliphatic heterocycles. The van der Waals surface area contributed by atoms with Crippen molar-refractivity contribution >= 4 is 23.5 Å². The molecule has 0 radical (unpaired) electrons. The van der Waals surface area contributed by atoms with Gasteiger partial charge in [0.05, 0.1) is 18.1 Å². The van der Waals surface area contributed by atoms with Crippen LogP contribution in [0, 0.1) is 34.0 Å². The van der Waals surface area contributed by atoms with Gasteiger partial charge in [-0.05, 0) is 49.0 Å². The SMILES string of the molecule is C=C[C@]1(C)C[C@@H](OC(=O)CSc2cncc(O)c2)[C@]2(C)[C@H](C)CC[C@]3(CCC(=O)[C@H]32)[C@@H](C)[C@@H]1O. The fourth-order valence-electron chi connectivity index (χ4n) is 7.32. The summed E-state index contributed by atoms with van der Waals surface area (Å²) in [6.07, 6.45) is 7.13. The molecule has 0 saturated heterocycles. The first-order valence-electron chi connectivity index (χ1n) is 12.3. The summed E-state index contributed by atoms with van der Waals surface area (Å²) in [6.45, 7) is 12.4. The molecule has 6 nitrogen and oxygen atoms in total. The maximum absolute atomic E-state index is 13.4. The minimum absolute atomic E-state index is 0.0443. The van der Waals surface area contributed by atoms with E-state index in [1.165, 1.54) is 18.0 Å². The smallest absolute Gasteiger partial charge is 0.316 e. The fourth-order valence-corrected chi connectivity index (χ4v) is 8.01. The highest BCUT2D eigenvalue weighted by atomic mass is 32.2. The maximum atomic E-state index is 13.4. The summed E-state index contributed by atoms with van der Waals surface area (Å²) in [5.74, 6) is -0.0976. The summed E-state index contributed by atoms with van der Waals surface area (Å²) in [6, 6.07) is 1.56. The number of hydrogen-bond acceptors (Lipinski definition) is 7. The number of aromatic hydroxyl groups is 1. The molecule has 0 unspecified atom stereocenters. The summed E-state index contributed by atoms with van der Waals surface area (Å²) < 4.78 is 6.22. The van der Waals surface area contributed by atoms with E-state index in [4.69, 9.17) is 4.74 Å². The number of aliphatic hydroxyl groups excluding tert-OH is 1. The second kappa shape index (κ2) is 8.98. The highest BCUT2D eigenvalue weighted by molar-refractivity contribution is 8.00. The summed E-state index contributed by atoms with van der Waals surface area (Å²) >= 11 is 1.26. The Morgan fingerprint density at radius 1 is 1.32 bits per heavy atom. The van der Waals surface area contributed by atoms with E-state index < -0.39 is 23.0 Å². The molecular formula is C27H37NO5S. The first kappa shape index (κ1) is 25.2. The first-order valence-corrected chi connectivity index (χ1v) is 13.3. The monoisotopic (exact) mass is 487 g/mol. The molecule has 34 heavy (non-hydrogen) atoms. The van der Waals surface area contributed by atoms with Gasteiger partial charge >= 0.3 is 5.97 Å². The van der Waals surface area contributed by atoms with Crippen molar-refractivity contribution in [1.29, 1.82) is 0 Å². The van der Waals surface area contributed by atoms with Crippen LogP contribution in [0.25, 0.3) is 0 Å². The molecule has 2 bridgehead atoms. The zero-order chi connectivity index (χ0) is 24.9. The van der Waals surface area contributed by atoms with Crippen LogP contribution in [-0.2, 0) is 14.3 Å². The molecule has 3 aliphatic carbocycles. The fraction of sp³-hybridized carbons (Fsp3) is 0.667. The van der Waals surface area contributed by atoms with Crippen LogP contribution >= 0.6 is 11.8 Å². The van der Waals surface area contributed by atoms with Gasteiger partial charge in [0, 0.05) is 34.3 Å². The first-order chi connectivity index (χ1) is 16.0. The summed E-state index contributed by atoms with van der Waals surface area (Å²) in [4.78, 5) is 31.1. The zero-order valence-corrected chi connectivity index (χ0v) is 21.4. The predicted molar refractivity (Wildman–Crippen MR) is 131 cm³/mol. The molecule has 3 aliphatic rings. The third-order valence-electron chi connectivity index (χ3n) is 9.63. The van der Waals surface area contributed by atoms with Gasteiger partial charge in [-0.25, -0.2) is 0 Å². The van der Waals surface area contributed by atoms with Crippen LogP contribution < -0.4 is 0 Å². The summed E-state index contributed by atoms with van der Waals surface area (Å²) in [5.41, 5.74) is -1.44. The largest absolute Gasteiger partial charge is 0.506 e. The van der Waals surface area contributed by atoms with E-state index in [0.717, 1.165) is 19.3 Å². The van der Waals surface area contributed by atoms with E-state index in [1.54, 1.807) is 18.3 Å². The van der Waals surface area contributed by atoms with Gasteiger partial charge in [0.1, 0.15) is 17.6 Å². The average Bonchev–Trinajstić information content (AvgIpc) is 3.16. The number of aromatic nitrogens is 1. The Kier molecular flexibility index (Phi) is 6.66. The van der Waals surface area contributed by atoms with Crippen LogP contribution in [-0.4, -0.2) is 44.9 Å². The number of pyridine rings is 1. The lowest BCUT2D eigenvalue weighted by Crippen LogP contribution is -2.63. The molecule has 0 spiro atoms. The molecule has 1 aromatic heterocycles. The number of ketones is 1. The number of rotatable bonds is 5. The molecule has 0 aromatic carbocycles. The average molecular weight is 488 g/mol. The molecular weight excluding hydrogens is 450 g/mol. The Bertz CT molecular complexity index is 984. The number of Topliss-reactive ketones (excluding diaryl/α,β-unsaturated/α-hetero) is 1. The van der Waals surface area contributed by atoms with Gasteiger partial charge in [-0.3, -0.25) is 14.6 Å². The second-order valence-corrected chi connectivity index (χ2v) is 12.3. The lowest BCUT2D eigenvalue weighted by molar-refractivity contribution is -0.205. The van der Waals surface area contributed by atoms with Crippen molar-refractivity contribution < 1.29 is 24.5 Å². The molecule has 1 aromatic rings. The topological polar surface area (TPSA) is 96.7 Å². The van der Waals surface area contributed by atoms with Crippen molar-refractivity contribution in [2.45, 2.75) is 76.9 Å². The molecule has 4 rings (SSSR count). The van der Waals surface area contributed by atoms with E-state index >= 15 is 0 Å². The Morgan fingerprint density at radius 2 is 2.06 bits per heavy atom. The summed E-state index contributed by atoms with van der Waals surface area (Å²) in [5, 5.41) is 21.2. The van der Waals surface area contributed by atoms with Crippen molar-refractivity contribution in [3.8, 4) is 5.75 Å². The van der Waals surface area contributed by atoms with E-state index in [2.05, 4.69) is 32.3 Å². The highest BCUT2D eigenvalue weighted by Gasteiger charge is 2.68. The van der Waals surface area contributed by atoms with Gasteiger partial charge in [-0.1, -0.05) is 33.8 Å². The molecule has 2 N–H and O–H groups in total. The van der Waals surface area contributed by atoms with Crippen molar-refractivity contribution in [2.75, 3.05) is 5.75 Å². The lowest BCUT2D eigenvalue weighted by Gasteiger charge is -2.61. The lowest BCUT2D eigenvalue weighted by atomic mass is 9.44. The van der Waals surface area contributed by atoms with Crippen LogP contribution in [0.1, 0.15) is 59.8 Å². The minimum atomic E-state index is -0.676. The van der Waals surface area contributed by atoms with Crippen LogP contribution in [0.4, 0.5) is 0 Å². The maximum Gasteiger partial charge on any atom is 0.316 e. The van der Waals surface area contributed by atoms with Crippen LogP contribution in [0.2, 0.25) is 0 Å². The highest BCUT2D eigenvalue weighted by Crippen LogP contribution is 2.68. The number of hydrogen-bond donors (Lipinski definition) is 2. The van der Waals surface area contributed by atoms with Gasteiger partial charge in [0.15, 0.2) is 0 Å². The Morgan fingerprint density at radius 3 is 2.74 bits per heavy atom. The molecule has 3 fully saturated rings. The van der Waals surface area contributed by atoms with Gasteiger partial charge in [-0.2, -0.15) is 0 Å². The molecule has 0 amide bonds. The minimum Gasteiger partial charge on any atom is -0.506 e. The number of carbonyl (C=O) groups excluding carboxylic acids is 2. The molecule has 7 heteroatoms. The third kappa shape index (κ3) is 3.89. The molecule has 186 valence electrons. The van der Waals surface area contributed by atoms with Crippen molar-refractivity contribution in [3.05, 3.63) is 31.1 Å². The number of carbonyl (C=O) groups is 2. The van der Waals surface area contributed by atoms with E-state index in [1.807, 2.05) is 6.92 Å². The normalized spacial score (nSPS) is 41.8. The molecule has 8 atom stereocenters. The van der Waals surface area contributed by atoms with E-state index in [9.17, 15) is 19.8 Å². The second-order valence-electron chi connectivity index (χ2n) is 11.2. The molecule has 3 saturated carbocycles. The van der Waals surface area contributed by atoms with Gasteiger partial charge in [0.25, 0.3) is 0 Å². The number of esters is 1. The quantitative estimate of drug-likeness (QED) is 0.350. The van der Waals surface area contributed by atoms with E-state index in [0.29, 0.717) is 17.7 Å². The van der Waals surface area contributed by atoms with Gasteiger partial charge in [0.2, 0.25) is 0 Å². The van der Waals surface area contributed by atoms with Crippen LogP contribution in [0.15, 0.2) is 36.0 Å². The summed E-state index contributed by atoms with van der Waals surface area (Å²) in [7, 11) is 0. The van der Waals surface area contributed by atoms with Gasteiger partial charge < -0.3 is 14.9 Å². The molecule has 1 heterocycles. The zero-order valence-electron chi connectivity index (χ0n) is 20.6. The number of nitrogens with zero attached hydrogens (tertiary/aromatic N) is 1. The van der Waals surface area contributed by atoms with Crippen molar-refractivity contribution in [1.82, 2.24) is 4.98 Å². The number of aliphatic hydroxyl groups is 1.